The molecule has 0 unspecified atom stereocenters. The molecule has 4 rings (SSSR count). The lowest BCUT2D eigenvalue weighted by molar-refractivity contribution is 0.135. The Morgan fingerprint density at radius 1 is 1.07 bits per heavy atom. The summed E-state index contributed by atoms with van der Waals surface area (Å²) in [6.07, 6.45) is 1.27. The summed E-state index contributed by atoms with van der Waals surface area (Å²) in [7, 11) is -1.94. The highest BCUT2D eigenvalue weighted by Crippen LogP contribution is 2.30. The Morgan fingerprint density at radius 2 is 1.78 bits per heavy atom. The lowest BCUT2D eigenvalue weighted by atomic mass is 10.1. The summed E-state index contributed by atoms with van der Waals surface area (Å²) in [5, 5.41) is 0.646. The van der Waals surface area contributed by atoms with Crippen molar-refractivity contribution in [3.8, 4) is 10.9 Å². The van der Waals surface area contributed by atoms with Gasteiger partial charge in [-0.2, -0.15) is 4.31 Å². The van der Waals surface area contributed by atoms with Gasteiger partial charge in [0.15, 0.2) is 0 Å². The minimum absolute atomic E-state index is 0.0205. The van der Waals surface area contributed by atoms with Gasteiger partial charge in [0.2, 0.25) is 10.0 Å². The van der Waals surface area contributed by atoms with Gasteiger partial charge in [-0.1, -0.05) is 23.5 Å². The normalized spacial score (nSPS) is 16.5. The van der Waals surface area contributed by atoms with Crippen molar-refractivity contribution in [3.63, 3.8) is 0 Å². The molecular formula is C19H20N2O4S2. The summed E-state index contributed by atoms with van der Waals surface area (Å²) in [5.41, 5.74) is 0.928. The first-order valence-electron chi connectivity index (χ1n) is 8.73. The van der Waals surface area contributed by atoms with Crippen molar-refractivity contribution in [2.45, 2.75) is 23.8 Å². The van der Waals surface area contributed by atoms with Crippen LogP contribution < -0.4 is 9.47 Å². The van der Waals surface area contributed by atoms with E-state index >= 15 is 0 Å². The molecule has 1 saturated heterocycles. The maximum atomic E-state index is 12.8. The van der Waals surface area contributed by atoms with Gasteiger partial charge in [0.25, 0.3) is 5.19 Å². The first-order valence-corrected chi connectivity index (χ1v) is 11.0. The van der Waals surface area contributed by atoms with Crippen LogP contribution in [-0.4, -0.2) is 44.0 Å². The van der Waals surface area contributed by atoms with Crippen molar-refractivity contribution >= 4 is 31.6 Å². The SMILES string of the molecule is COc1ccc(S(=O)(=O)N2CCC(Oc3nc4ccccc4s3)CC2)cc1. The molecule has 1 aliphatic heterocycles. The fraction of sp³-hybridized carbons (Fsp3) is 0.316. The highest BCUT2D eigenvalue weighted by atomic mass is 32.2. The average molecular weight is 405 g/mol. The predicted octanol–water partition coefficient (Wildman–Crippen LogP) is 3.54. The van der Waals surface area contributed by atoms with E-state index in [0.717, 1.165) is 10.2 Å². The van der Waals surface area contributed by atoms with Gasteiger partial charge in [-0.3, -0.25) is 0 Å². The van der Waals surface area contributed by atoms with Crippen LogP contribution in [0.2, 0.25) is 0 Å². The average Bonchev–Trinajstić information content (AvgIpc) is 3.10. The number of ether oxygens (including phenoxy) is 2. The van der Waals surface area contributed by atoms with E-state index in [-0.39, 0.29) is 11.0 Å². The number of para-hydroxylation sites is 1. The lowest BCUT2D eigenvalue weighted by Gasteiger charge is -2.30. The maximum Gasteiger partial charge on any atom is 0.274 e. The first kappa shape index (κ1) is 18.2. The van der Waals surface area contributed by atoms with Crippen molar-refractivity contribution in [1.29, 1.82) is 0 Å². The van der Waals surface area contributed by atoms with Gasteiger partial charge in [0, 0.05) is 13.1 Å². The number of thiazole rings is 1. The van der Waals surface area contributed by atoms with Gasteiger partial charge in [0.1, 0.15) is 11.9 Å². The Morgan fingerprint density at radius 3 is 2.44 bits per heavy atom. The molecule has 0 spiro atoms. The Kier molecular flexibility index (Phi) is 5.03. The molecule has 8 heteroatoms. The topological polar surface area (TPSA) is 68.7 Å². The van der Waals surface area contributed by atoms with Crippen LogP contribution >= 0.6 is 11.3 Å². The lowest BCUT2D eigenvalue weighted by Crippen LogP contribution is -2.41. The summed E-state index contributed by atoms with van der Waals surface area (Å²) < 4.78 is 39.3. The molecule has 142 valence electrons. The molecule has 1 aliphatic rings. The summed E-state index contributed by atoms with van der Waals surface area (Å²) in [6.45, 7) is 0.869. The Labute approximate surface area is 162 Å². The van der Waals surface area contributed by atoms with Crippen LogP contribution in [0.1, 0.15) is 12.8 Å². The Balaban J connectivity index is 1.40. The number of piperidine rings is 1. The van der Waals surface area contributed by atoms with Gasteiger partial charge < -0.3 is 9.47 Å². The third-order valence-corrected chi connectivity index (χ3v) is 7.48. The van der Waals surface area contributed by atoms with Crippen LogP contribution in [0, 0.1) is 0 Å². The van der Waals surface area contributed by atoms with Crippen LogP contribution in [0.25, 0.3) is 10.2 Å². The minimum atomic E-state index is -3.49. The summed E-state index contributed by atoms with van der Waals surface area (Å²) in [4.78, 5) is 4.78. The molecule has 0 bridgehead atoms. The summed E-state index contributed by atoms with van der Waals surface area (Å²) in [5.74, 6) is 0.636. The number of nitrogens with zero attached hydrogens (tertiary/aromatic N) is 2. The zero-order chi connectivity index (χ0) is 18.9. The zero-order valence-electron chi connectivity index (χ0n) is 14.9. The third-order valence-electron chi connectivity index (χ3n) is 4.64. The number of fused-ring (bicyclic) bond motifs is 1. The van der Waals surface area contributed by atoms with Crippen molar-refractivity contribution < 1.29 is 17.9 Å². The van der Waals surface area contributed by atoms with Gasteiger partial charge in [0.05, 0.1) is 22.2 Å². The largest absolute Gasteiger partial charge is 0.497 e. The molecule has 2 heterocycles. The van der Waals surface area contributed by atoms with E-state index in [2.05, 4.69) is 4.98 Å². The zero-order valence-corrected chi connectivity index (χ0v) is 16.5. The quantitative estimate of drug-likeness (QED) is 0.651. The maximum absolute atomic E-state index is 12.8. The molecule has 27 heavy (non-hydrogen) atoms. The van der Waals surface area contributed by atoms with Gasteiger partial charge >= 0.3 is 0 Å². The van der Waals surface area contributed by atoms with E-state index in [1.807, 2.05) is 24.3 Å². The van der Waals surface area contributed by atoms with E-state index in [1.54, 1.807) is 31.4 Å². The van der Waals surface area contributed by atoms with Crippen LogP contribution in [0.3, 0.4) is 0 Å². The monoisotopic (exact) mass is 404 g/mol. The number of hydrogen-bond acceptors (Lipinski definition) is 6. The van der Waals surface area contributed by atoms with E-state index in [1.165, 1.54) is 15.6 Å². The highest BCUT2D eigenvalue weighted by Gasteiger charge is 2.30. The number of hydrogen-bond donors (Lipinski definition) is 0. The number of methoxy groups -OCH3 is 1. The van der Waals surface area contributed by atoms with E-state index in [4.69, 9.17) is 9.47 Å². The van der Waals surface area contributed by atoms with Crippen molar-refractivity contribution in [3.05, 3.63) is 48.5 Å². The van der Waals surface area contributed by atoms with Gasteiger partial charge in [-0.05, 0) is 49.2 Å². The molecule has 0 radical (unpaired) electrons. The van der Waals surface area contributed by atoms with E-state index in [9.17, 15) is 8.42 Å². The van der Waals surface area contributed by atoms with Crippen molar-refractivity contribution in [2.24, 2.45) is 0 Å². The fourth-order valence-electron chi connectivity index (χ4n) is 3.13. The summed E-state index contributed by atoms with van der Waals surface area (Å²) >= 11 is 1.52. The molecular weight excluding hydrogens is 384 g/mol. The second-order valence-corrected chi connectivity index (χ2v) is 9.28. The van der Waals surface area contributed by atoms with Crippen LogP contribution in [0.5, 0.6) is 10.9 Å². The van der Waals surface area contributed by atoms with Crippen LogP contribution in [0.4, 0.5) is 0 Å². The molecule has 0 atom stereocenters. The molecule has 3 aromatic rings. The molecule has 2 aromatic carbocycles. The molecule has 1 fully saturated rings. The third kappa shape index (κ3) is 3.78. The molecule has 1 aromatic heterocycles. The van der Waals surface area contributed by atoms with Gasteiger partial charge in [-0.25, -0.2) is 13.4 Å². The smallest absolute Gasteiger partial charge is 0.274 e. The molecule has 0 N–H and O–H groups in total. The second kappa shape index (κ2) is 7.46. The first-order chi connectivity index (χ1) is 13.1. The Bertz CT molecular complexity index is 990. The number of aromatic nitrogens is 1. The van der Waals surface area contributed by atoms with E-state index < -0.39 is 10.0 Å². The number of rotatable bonds is 5. The molecule has 6 nitrogen and oxygen atoms in total. The highest BCUT2D eigenvalue weighted by molar-refractivity contribution is 7.89. The minimum Gasteiger partial charge on any atom is -0.497 e. The van der Waals surface area contributed by atoms with Crippen LogP contribution in [-0.2, 0) is 10.0 Å². The molecule has 0 amide bonds. The predicted molar refractivity (Wildman–Crippen MR) is 105 cm³/mol. The standard InChI is InChI=1S/C19H20N2O4S2/c1-24-14-6-8-16(9-7-14)27(22,23)21-12-10-15(11-13-21)25-19-20-17-4-2-3-5-18(17)26-19/h2-9,15H,10-13H2,1H3. The summed E-state index contributed by atoms with van der Waals surface area (Å²) in [6, 6.07) is 14.4. The van der Waals surface area contributed by atoms with Crippen LogP contribution in [0.15, 0.2) is 53.4 Å². The van der Waals surface area contributed by atoms with Crippen molar-refractivity contribution in [2.75, 3.05) is 20.2 Å². The number of benzene rings is 2. The molecule has 0 saturated carbocycles. The molecule has 0 aliphatic carbocycles. The van der Waals surface area contributed by atoms with Crippen molar-refractivity contribution in [1.82, 2.24) is 9.29 Å². The fourth-order valence-corrected chi connectivity index (χ4v) is 5.48. The second-order valence-electron chi connectivity index (χ2n) is 6.34. The van der Waals surface area contributed by atoms with Gasteiger partial charge in [-0.15, -0.1) is 0 Å². The Hall–Kier alpha value is -2.16. The van der Waals surface area contributed by atoms with E-state index in [0.29, 0.717) is 36.9 Å². The number of sulfonamides is 1.